The number of amides is 1. The van der Waals surface area contributed by atoms with Crippen LogP contribution in [0.3, 0.4) is 0 Å². The van der Waals surface area contributed by atoms with Crippen molar-refractivity contribution in [2.45, 2.75) is 53.0 Å². The lowest BCUT2D eigenvalue weighted by molar-refractivity contribution is -0.123. The minimum atomic E-state index is -0.320. The summed E-state index contributed by atoms with van der Waals surface area (Å²) in [6.07, 6.45) is 13.4. The Morgan fingerprint density at radius 1 is 1.16 bits per heavy atom. The van der Waals surface area contributed by atoms with Crippen molar-refractivity contribution in [1.82, 2.24) is 10.2 Å². The number of benzene rings is 1. The van der Waals surface area contributed by atoms with Gasteiger partial charge >= 0.3 is 0 Å². The van der Waals surface area contributed by atoms with Gasteiger partial charge < -0.3 is 10.1 Å². The summed E-state index contributed by atoms with van der Waals surface area (Å²) >= 11 is 0. The smallest absolute Gasteiger partial charge is 0.223 e. The normalized spacial score (nSPS) is 11.9. The highest BCUT2D eigenvalue weighted by Crippen LogP contribution is 2.13. The van der Waals surface area contributed by atoms with Crippen molar-refractivity contribution < 1.29 is 9.53 Å². The quantitative estimate of drug-likeness (QED) is 0.362. The molecule has 168 valence electrons. The average Bonchev–Trinajstić information content (AvgIpc) is 2.74. The zero-order valence-electron chi connectivity index (χ0n) is 19.8. The van der Waals surface area contributed by atoms with Gasteiger partial charge in [-0.25, -0.2) is 0 Å². The van der Waals surface area contributed by atoms with Crippen LogP contribution in [0.5, 0.6) is 5.75 Å². The maximum atomic E-state index is 12.3. The highest BCUT2D eigenvalue weighted by Gasteiger charge is 2.22. The van der Waals surface area contributed by atoms with Gasteiger partial charge in [-0.3, -0.25) is 9.69 Å². The molecule has 0 saturated heterocycles. The van der Waals surface area contributed by atoms with E-state index in [1.54, 1.807) is 0 Å². The third-order valence-electron chi connectivity index (χ3n) is 4.56. The van der Waals surface area contributed by atoms with Gasteiger partial charge in [-0.1, -0.05) is 61.4 Å². The zero-order chi connectivity index (χ0) is 23.0. The average molecular weight is 423 g/mol. The van der Waals surface area contributed by atoms with Crippen LogP contribution in [0.1, 0.15) is 46.6 Å². The Labute approximate surface area is 189 Å². The number of nitrogens with zero attached hydrogens (tertiary/aromatic N) is 1. The van der Waals surface area contributed by atoms with E-state index < -0.39 is 0 Å². The molecule has 0 aliphatic heterocycles. The lowest BCUT2D eigenvalue weighted by Gasteiger charge is -2.32. The number of nitrogens with one attached hydrogen (secondary N) is 1. The molecule has 1 aromatic carbocycles. The van der Waals surface area contributed by atoms with E-state index in [0.29, 0.717) is 19.6 Å². The summed E-state index contributed by atoms with van der Waals surface area (Å²) in [7, 11) is 0. The van der Waals surface area contributed by atoms with Crippen LogP contribution in [0.4, 0.5) is 0 Å². The molecule has 0 unspecified atom stereocenters. The number of hydrogen-bond acceptors (Lipinski definition) is 3. The molecule has 31 heavy (non-hydrogen) atoms. The summed E-state index contributed by atoms with van der Waals surface area (Å²) in [5.41, 5.74) is 0.899. The largest absolute Gasteiger partial charge is 0.493 e. The maximum Gasteiger partial charge on any atom is 0.223 e. The van der Waals surface area contributed by atoms with Crippen LogP contribution < -0.4 is 10.1 Å². The molecular weight excluding hydrogens is 384 g/mol. The first-order chi connectivity index (χ1) is 14.9. The standard InChI is InChI=1S/C27H38N2O2/c1-6-9-11-12-13-14-15-24-16-18-25(19-17-24)31-22-20-26(30)28-27(4,5)23-29(8-3)21-10-7-2/h6,9,11-14,16-19H,8,15,20-23H2,1-5H3,(H,28,30)/b9-6+,12-11-,14-13+. The molecule has 1 rings (SSSR count). The van der Waals surface area contributed by atoms with Crippen molar-refractivity contribution in [3.8, 4) is 17.6 Å². The Morgan fingerprint density at radius 2 is 1.87 bits per heavy atom. The third-order valence-corrected chi connectivity index (χ3v) is 4.56. The molecule has 4 heteroatoms. The van der Waals surface area contributed by atoms with Gasteiger partial charge in [0.1, 0.15) is 5.75 Å². The van der Waals surface area contributed by atoms with Crippen LogP contribution in [-0.4, -0.2) is 42.6 Å². The molecule has 1 aromatic rings. The van der Waals surface area contributed by atoms with E-state index in [2.05, 4.69) is 47.2 Å². The molecule has 1 amide bonds. The number of likely N-dealkylation sites (N-methyl/N-ethyl adjacent to an activating group) is 1. The molecule has 1 N–H and O–H groups in total. The van der Waals surface area contributed by atoms with Crippen LogP contribution in [0.15, 0.2) is 60.7 Å². The molecule has 0 aromatic heterocycles. The number of hydrogen-bond donors (Lipinski definition) is 1. The number of carbonyl (C=O) groups is 1. The van der Waals surface area contributed by atoms with E-state index in [-0.39, 0.29) is 11.4 Å². The molecule has 0 spiro atoms. The van der Waals surface area contributed by atoms with E-state index in [1.165, 1.54) is 5.56 Å². The lowest BCUT2D eigenvalue weighted by atomic mass is 10.0. The number of carbonyl (C=O) groups excluding carboxylic acids is 1. The molecule has 0 atom stereocenters. The predicted molar refractivity (Wildman–Crippen MR) is 131 cm³/mol. The van der Waals surface area contributed by atoms with Gasteiger partial charge in [0.05, 0.1) is 19.6 Å². The van der Waals surface area contributed by atoms with Crippen molar-refractivity contribution in [3.05, 3.63) is 66.3 Å². The number of allylic oxidation sites excluding steroid dienone is 6. The van der Waals surface area contributed by atoms with Crippen LogP contribution >= 0.6 is 0 Å². The van der Waals surface area contributed by atoms with Gasteiger partial charge in [-0.05, 0) is 58.4 Å². The van der Waals surface area contributed by atoms with Crippen molar-refractivity contribution >= 4 is 5.91 Å². The van der Waals surface area contributed by atoms with Crippen LogP contribution in [-0.2, 0) is 11.2 Å². The molecule has 0 saturated carbocycles. The predicted octanol–water partition coefficient (Wildman–Crippen LogP) is 4.93. The van der Waals surface area contributed by atoms with E-state index in [4.69, 9.17) is 4.74 Å². The van der Waals surface area contributed by atoms with Crippen LogP contribution in [0.25, 0.3) is 0 Å². The van der Waals surface area contributed by atoms with Gasteiger partial charge in [0.2, 0.25) is 5.91 Å². The summed E-state index contributed by atoms with van der Waals surface area (Å²) in [6.45, 7) is 12.7. The Morgan fingerprint density at radius 3 is 2.52 bits per heavy atom. The fourth-order valence-electron chi connectivity index (χ4n) is 3.01. The summed E-state index contributed by atoms with van der Waals surface area (Å²) in [4.78, 5) is 14.6. The first kappa shape index (κ1) is 26.3. The molecule has 0 aliphatic carbocycles. The van der Waals surface area contributed by atoms with Crippen molar-refractivity contribution in [1.29, 1.82) is 0 Å². The second-order valence-electron chi connectivity index (χ2n) is 7.95. The third kappa shape index (κ3) is 12.5. The summed E-state index contributed by atoms with van der Waals surface area (Å²) in [5.74, 6) is 6.78. The molecule has 4 nitrogen and oxygen atoms in total. The number of rotatable bonds is 13. The lowest BCUT2D eigenvalue weighted by Crippen LogP contribution is -2.51. The van der Waals surface area contributed by atoms with Crippen LogP contribution in [0, 0.1) is 11.8 Å². The Balaban J connectivity index is 2.38. The molecule has 0 bridgehead atoms. The van der Waals surface area contributed by atoms with Crippen molar-refractivity contribution in [3.63, 3.8) is 0 Å². The fraction of sp³-hybridized carbons (Fsp3) is 0.444. The van der Waals surface area contributed by atoms with Gasteiger partial charge in [0, 0.05) is 12.1 Å². The summed E-state index contributed by atoms with van der Waals surface area (Å²) in [5, 5.41) is 3.11. The van der Waals surface area contributed by atoms with Crippen LogP contribution in [0.2, 0.25) is 0 Å². The summed E-state index contributed by atoms with van der Waals surface area (Å²) < 4.78 is 5.75. The maximum absolute atomic E-state index is 12.3. The minimum Gasteiger partial charge on any atom is -0.493 e. The molecule has 0 heterocycles. The van der Waals surface area contributed by atoms with E-state index in [9.17, 15) is 4.79 Å². The van der Waals surface area contributed by atoms with Gasteiger partial charge in [0.25, 0.3) is 0 Å². The zero-order valence-corrected chi connectivity index (χ0v) is 19.8. The first-order valence-electron chi connectivity index (χ1n) is 11.0. The van der Waals surface area contributed by atoms with Gasteiger partial charge in [-0.15, -0.1) is 5.92 Å². The minimum absolute atomic E-state index is 0.00430. The second kappa shape index (κ2) is 15.1. The molecule has 0 aliphatic rings. The monoisotopic (exact) mass is 422 g/mol. The Bertz CT molecular complexity index is 793. The van der Waals surface area contributed by atoms with E-state index >= 15 is 0 Å². The SMILES string of the molecule is CC#CCN(CC)CC(C)(C)NC(=O)CCOc1ccc(C/C=C/C=C\C=C\C)cc1. The molecule has 0 radical (unpaired) electrons. The summed E-state index contributed by atoms with van der Waals surface area (Å²) in [6, 6.07) is 8.01. The first-order valence-corrected chi connectivity index (χ1v) is 11.0. The topological polar surface area (TPSA) is 41.6 Å². The molecular formula is C27H38N2O2. The Kier molecular flexibility index (Phi) is 12.8. The van der Waals surface area contributed by atoms with Crippen molar-refractivity contribution in [2.24, 2.45) is 0 Å². The van der Waals surface area contributed by atoms with Gasteiger partial charge in [-0.2, -0.15) is 0 Å². The Hall–Kier alpha value is -2.77. The second-order valence-corrected chi connectivity index (χ2v) is 7.95. The number of ether oxygens (including phenoxy) is 1. The molecule has 0 fully saturated rings. The van der Waals surface area contributed by atoms with Crippen molar-refractivity contribution in [2.75, 3.05) is 26.2 Å². The van der Waals surface area contributed by atoms with Gasteiger partial charge in [0.15, 0.2) is 0 Å². The highest BCUT2D eigenvalue weighted by molar-refractivity contribution is 5.76. The fourth-order valence-corrected chi connectivity index (χ4v) is 3.01. The highest BCUT2D eigenvalue weighted by atomic mass is 16.5. The van der Waals surface area contributed by atoms with E-state index in [1.807, 2.05) is 70.2 Å². The van der Waals surface area contributed by atoms with E-state index in [0.717, 1.165) is 25.3 Å².